The fourth-order valence-electron chi connectivity index (χ4n) is 3.82. The number of hydrogen-bond acceptors (Lipinski definition) is 5. The van der Waals surface area contributed by atoms with E-state index in [0.29, 0.717) is 13.1 Å². The molecule has 1 saturated carbocycles. The van der Waals surface area contributed by atoms with E-state index in [1.165, 1.54) is 0 Å². The van der Waals surface area contributed by atoms with Crippen molar-refractivity contribution in [3.8, 4) is 0 Å². The molecule has 1 amide bonds. The van der Waals surface area contributed by atoms with Gasteiger partial charge in [0.2, 0.25) is 5.91 Å². The van der Waals surface area contributed by atoms with Crippen LogP contribution in [0, 0.1) is 11.3 Å². The van der Waals surface area contributed by atoms with Crippen LogP contribution in [-0.4, -0.2) is 45.7 Å². The number of amides is 1. The van der Waals surface area contributed by atoms with Gasteiger partial charge in [-0.1, -0.05) is 19.1 Å². The monoisotopic (exact) mass is 293 g/mol. The molecule has 7 heteroatoms. The van der Waals surface area contributed by atoms with Crippen molar-refractivity contribution < 1.29 is 9.53 Å². The molecule has 2 aliphatic rings. The molecule has 0 spiro atoms. The van der Waals surface area contributed by atoms with Crippen molar-refractivity contribution in [2.24, 2.45) is 17.1 Å². The first-order valence-electron chi connectivity index (χ1n) is 7.51. The van der Waals surface area contributed by atoms with E-state index in [1.807, 2.05) is 13.8 Å². The van der Waals surface area contributed by atoms with Gasteiger partial charge >= 0.3 is 0 Å². The average Bonchev–Trinajstić information content (AvgIpc) is 2.99. The summed E-state index contributed by atoms with van der Waals surface area (Å²) in [5.74, 6) is 0.0342. The summed E-state index contributed by atoms with van der Waals surface area (Å²) < 4.78 is 7.50. The summed E-state index contributed by atoms with van der Waals surface area (Å²) in [6, 6.07) is 0. The molecule has 3 N–H and O–H groups in total. The predicted octanol–water partition coefficient (Wildman–Crippen LogP) is -0.0732. The minimum absolute atomic E-state index is 0.0839. The number of nitrogens with two attached hydrogens (primary N) is 1. The number of carbonyl (C=O) groups excluding carboxylic acids is 1. The van der Waals surface area contributed by atoms with Crippen LogP contribution in [-0.2, 0) is 16.1 Å². The number of nitrogens with zero attached hydrogens (tertiary/aromatic N) is 3. The van der Waals surface area contributed by atoms with Crippen LogP contribution in [0.3, 0.4) is 0 Å². The third kappa shape index (κ3) is 2.06. The lowest BCUT2D eigenvalue weighted by molar-refractivity contribution is -0.225. The highest BCUT2D eigenvalue weighted by atomic mass is 16.5. The number of nitrogens with one attached hydrogen (secondary N) is 1. The number of rotatable bonds is 4. The van der Waals surface area contributed by atoms with E-state index in [0.717, 1.165) is 19.4 Å². The minimum Gasteiger partial charge on any atom is -0.377 e. The van der Waals surface area contributed by atoms with E-state index in [2.05, 4.69) is 15.6 Å². The van der Waals surface area contributed by atoms with Gasteiger partial charge in [0.15, 0.2) is 0 Å². The molecular weight excluding hydrogens is 270 g/mol. The molecule has 3 unspecified atom stereocenters. The van der Waals surface area contributed by atoms with Crippen LogP contribution < -0.4 is 11.1 Å². The summed E-state index contributed by atoms with van der Waals surface area (Å²) in [4.78, 5) is 12.6. The van der Waals surface area contributed by atoms with Crippen LogP contribution >= 0.6 is 0 Å². The Labute approximate surface area is 124 Å². The first-order chi connectivity index (χ1) is 9.98. The molecule has 7 nitrogen and oxygen atoms in total. The lowest BCUT2D eigenvalue weighted by atomic mass is 9.46. The molecule has 1 aliphatic carbocycles. The van der Waals surface area contributed by atoms with Gasteiger partial charge in [-0.2, -0.15) is 0 Å². The topological polar surface area (TPSA) is 95.1 Å². The smallest absolute Gasteiger partial charge is 0.241 e. The normalized spacial score (nSPS) is 33.9. The zero-order valence-electron chi connectivity index (χ0n) is 12.6. The summed E-state index contributed by atoms with van der Waals surface area (Å²) in [5.41, 5.74) is 5.33. The summed E-state index contributed by atoms with van der Waals surface area (Å²) in [7, 11) is 0. The third-order valence-electron chi connectivity index (χ3n) is 5.16. The van der Waals surface area contributed by atoms with E-state index >= 15 is 0 Å². The average molecular weight is 293 g/mol. The minimum atomic E-state index is -0.847. The van der Waals surface area contributed by atoms with Crippen molar-refractivity contribution in [2.45, 2.75) is 44.9 Å². The molecule has 2 fully saturated rings. The van der Waals surface area contributed by atoms with Crippen molar-refractivity contribution in [3.05, 3.63) is 12.4 Å². The SMILES string of the molecule is CC1(C)C2OCCCC2C1(N)C(=O)NCCn1ccnn1. The van der Waals surface area contributed by atoms with Gasteiger partial charge in [-0.3, -0.25) is 9.48 Å². The Hall–Kier alpha value is -1.47. The standard InChI is InChI=1S/C14H23N5O2/c1-13(2)11-10(4-3-9-21-11)14(13,15)12(20)16-5-7-19-8-6-17-18-19/h6,8,10-11H,3-5,7,9,15H2,1-2H3,(H,16,20). The highest BCUT2D eigenvalue weighted by Gasteiger charge is 2.70. The second kappa shape index (κ2) is 5.06. The number of fused-ring (bicyclic) bond motifs is 1. The summed E-state index contributed by atoms with van der Waals surface area (Å²) in [6.45, 7) is 5.91. The van der Waals surface area contributed by atoms with Crippen molar-refractivity contribution in [2.75, 3.05) is 13.2 Å². The Morgan fingerprint density at radius 2 is 2.38 bits per heavy atom. The van der Waals surface area contributed by atoms with Crippen LogP contribution in [0.25, 0.3) is 0 Å². The molecular formula is C14H23N5O2. The second-order valence-electron chi connectivity index (χ2n) is 6.55. The Bertz CT molecular complexity index is 515. The van der Waals surface area contributed by atoms with Crippen LogP contribution in [0.2, 0.25) is 0 Å². The van der Waals surface area contributed by atoms with Crippen LogP contribution in [0.15, 0.2) is 12.4 Å². The molecule has 1 aromatic heterocycles. The lowest BCUT2D eigenvalue weighted by Crippen LogP contribution is -2.82. The van der Waals surface area contributed by atoms with E-state index < -0.39 is 5.54 Å². The maximum atomic E-state index is 12.6. The molecule has 1 aliphatic heterocycles. The number of aromatic nitrogens is 3. The quantitative estimate of drug-likeness (QED) is 0.810. The van der Waals surface area contributed by atoms with Gasteiger partial charge in [-0.05, 0) is 12.8 Å². The number of ether oxygens (including phenoxy) is 1. The largest absolute Gasteiger partial charge is 0.377 e. The summed E-state index contributed by atoms with van der Waals surface area (Å²) in [6.07, 6.45) is 5.41. The van der Waals surface area contributed by atoms with Crippen molar-refractivity contribution >= 4 is 5.91 Å². The van der Waals surface area contributed by atoms with Crippen LogP contribution in [0.1, 0.15) is 26.7 Å². The maximum Gasteiger partial charge on any atom is 0.241 e. The third-order valence-corrected chi connectivity index (χ3v) is 5.16. The summed E-state index contributed by atoms with van der Waals surface area (Å²) in [5, 5.41) is 10.5. The predicted molar refractivity (Wildman–Crippen MR) is 76.2 cm³/mol. The van der Waals surface area contributed by atoms with Gasteiger partial charge in [-0.25, -0.2) is 0 Å². The number of carbonyl (C=O) groups is 1. The first kappa shape index (κ1) is 14.5. The Morgan fingerprint density at radius 3 is 3.10 bits per heavy atom. The van der Waals surface area contributed by atoms with Crippen LogP contribution in [0.4, 0.5) is 0 Å². The molecule has 2 heterocycles. The molecule has 0 radical (unpaired) electrons. The number of hydrogen-bond donors (Lipinski definition) is 2. The fourth-order valence-corrected chi connectivity index (χ4v) is 3.82. The molecule has 0 bridgehead atoms. The molecule has 116 valence electrons. The molecule has 0 aromatic carbocycles. The van der Waals surface area contributed by atoms with Gasteiger partial charge < -0.3 is 15.8 Å². The van der Waals surface area contributed by atoms with Gasteiger partial charge in [0.25, 0.3) is 0 Å². The van der Waals surface area contributed by atoms with Crippen molar-refractivity contribution in [1.82, 2.24) is 20.3 Å². The fraction of sp³-hybridized carbons (Fsp3) is 0.786. The zero-order chi connectivity index (χ0) is 15.1. The van der Waals surface area contributed by atoms with Gasteiger partial charge in [0.1, 0.15) is 5.54 Å². The zero-order valence-corrected chi connectivity index (χ0v) is 12.6. The van der Waals surface area contributed by atoms with E-state index in [4.69, 9.17) is 10.5 Å². The Kier molecular flexibility index (Phi) is 3.49. The highest BCUT2D eigenvalue weighted by Crippen LogP contribution is 2.57. The highest BCUT2D eigenvalue weighted by molar-refractivity contribution is 5.89. The summed E-state index contributed by atoms with van der Waals surface area (Å²) >= 11 is 0. The molecule has 1 aromatic rings. The van der Waals surface area contributed by atoms with Crippen molar-refractivity contribution in [1.29, 1.82) is 0 Å². The Balaban J connectivity index is 1.62. The van der Waals surface area contributed by atoms with E-state index in [9.17, 15) is 4.79 Å². The van der Waals surface area contributed by atoms with E-state index in [-0.39, 0.29) is 23.3 Å². The van der Waals surface area contributed by atoms with Gasteiger partial charge in [0, 0.05) is 30.7 Å². The van der Waals surface area contributed by atoms with E-state index in [1.54, 1.807) is 17.1 Å². The molecule has 3 atom stereocenters. The van der Waals surface area contributed by atoms with Gasteiger partial charge in [-0.15, -0.1) is 5.10 Å². The first-order valence-corrected chi connectivity index (χ1v) is 7.51. The maximum absolute atomic E-state index is 12.6. The van der Waals surface area contributed by atoms with Gasteiger partial charge in [0.05, 0.1) is 18.8 Å². The molecule has 1 saturated heterocycles. The Morgan fingerprint density at radius 1 is 1.57 bits per heavy atom. The van der Waals surface area contributed by atoms with Crippen LogP contribution in [0.5, 0.6) is 0 Å². The van der Waals surface area contributed by atoms with Crippen molar-refractivity contribution in [3.63, 3.8) is 0 Å². The molecule has 21 heavy (non-hydrogen) atoms. The second-order valence-corrected chi connectivity index (χ2v) is 6.55. The molecule has 3 rings (SSSR count). The lowest BCUT2D eigenvalue weighted by Gasteiger charge is -2.65.